The summed E-state index contributed by atoms with van der Waals surface area (Å²) >= 11 is 0. The summed E-state index contributed by atoms with van der Waals surface area (Å²) in [7, 11) is 2.17. The summed E-state index contributed by atoms with van der Waals surface area (Å²) in [6.45, 7) is 2.64. The van der Waals surface area contributed by atoms with Gasteiger partial charge in [0.2, 0.25) is 0 Å². The fraction of sp³-hybridized carbons (Fsp3) is 0.889. The normalized spacial score (nSPS) is 22.6. The summed E-state index contributed by atoms with van der Waals surface area (Å²) < 4.78 is 0. The van der Waals surface area contributed by atoms with E-state index in [9.17, 15) is 0 Å². The second-order valence-electron chi connectivity index (χ2n) is 3.23. The summed E-state index contributed by atoms with van der Waals surface area (Å²) in [5, 5.41) is 0. The average Bonchev–Trinajstić information content (AvgIpc) is 2.12. The van der Waals surface area contributed by atoms with Crippen LogP contribution in [0.5, 0.6) is 0 Å². The SMILES string of the molecule is CN1CCCC1.[CH-]1CCC1.[Na+]. The van der Waals surface area contributed by atoms with Crippen molar-refractivity contribution < 1.29 is 29.6 Å². The minimum Gasteiger partial charge on any atom is -0.329 e. The van der Waals surface area contributed by atoms with Crippen LogP contribution in [0.25, 0.3) is 0 Å². The van der Waals surface area contributed by atoms with E-state index in [1.54, 1.807) is 0 Å². The molecule has 2 rings (SSSR count). The summed E-state index contributed by atoms with van der Waals surface area (Å²) in [4.78, 5) is 2.36. The fourth-order valence-corrected chi connectivity index (χ4v) is 1.08. The second-order valence-corrected chi connectivity index (χ2v) is 3.23. The van der Waals surface area contributed by atoms with Crippen LogP contribution in [0.1, 0.15) is 32.1 Å². The van der Waals surface area contributed by atoms with E-state index in [2.05, 4.69) is 18.4 Å². The van der Waals surface area contributed by atoms with E-state index in [1.165, 1.54) is 45.2 Å². The van der Waals surface area contributed by atoms with Gasteiger partial charge in [0.1, 0.15) is 0 Å². The van der Waals surface area contributed by atoms with Crippen molar-refractivity contribution in [1.82, 2.24) is 4.90 Å². The summed E-state index contributed by atoms with van der Waals surface area (Å²) in [6.07, 6.45) is 9.33. The van der Waals surface area contributed by atoms with E-state index in [0.717, 1.165) is 0 Å². The maximum Gasteiger partial charge on any atom is 1.00 e. The molecule has 2 aliphatic rings. The van der Waals surface area contributed by atoms with Crippen LogP contribution in [0.2, 0.25) is 0 Å². The van der Waals surface area contributed by atoms with Crippen LogP contribution in [0, 0.1) is 6.42 Å². The van der Waals surface area contributed by atoms with Crippen molar-refractivity contribution in [2.45, 2.75) is 32.1 Å². The molecule has 2 heteroatoms. The molecule has 0 radical (unpaired) electrons. The number of hydrogen-bond acceptors (Lipinski definition) is 1. The van der Waals surface area contributed by atoms with Gasteiger partial charge < -0.3 is 11.3 Å². The van der Waals surface area contributed by atoms with E-state index in [0.29, 0.717) is 0 Å². The van der Waals surface area contributed by atoms with Gasteiger partial charge in [-0.05, 0) is 33.0 Å². The molecule has 0 aromatic rings. The molecule has 11 heavy (non-hydrogen) atoms. The third-order valence-electron chi connectivity index (χ3n) is 2.15. The number of likely N-dealkylation sites (tertiary alicyclic amines) is 1. The first-order chi connectivity index (χ1) is 4.89. The average molecular weight is 163 g/mol. The topological polar surface area (TPSA) is 3.24 Å². The largest absolute Gasteiger partial charge is 1.00 e. The van der Waals surface area contributed by atoms with Gasteiger partial charge in [0.25, 0.3) is 0 Å². The molecule has 0 unspecified atom stereocenters. The van der Waals surface area contributed by atoms with Gasteiger partial charge in [-0.15, -0.1) is 6.42 Å². The molecular formula is C9H18NNa. The molecule has 1 aliphatic carbocycles. The molecule has 1 heterocycles. The summed E-state index contributed by atoms with van der Waals surface area (Å²) in [6, 6.07) is 0. The van der Waals surface area contributed by atoms with Crippen molar-refractivity contribution in [3.8, 4) is 0 Å². The van der Waals surface area contributed by atoms with Gasteiger partial charge in [-0.2, -0.15) is 12.8 Å². The Hall–Kier alpha value is 0.960. The molecule has 0 aromatic carbocycles. The van der Waals surface area contributed by atoms with Crippen LogP contribution < -0.4 is 29.6 Å². The minimum atomic E-state index is 0. The van der Waals surface area contributed by atoms with E-state index < -0.39 is 0 Å². The predicted molar refractivity (Wildman–Crippen MR) is 44.9 cm³/mol. The van der Waals surface area contributed by atoms with Crippen molar-refractivity contribution in [3.63, 3.8) is 0 Å². The van der Waals surface area contributed by atoms with Gasteiger partial charge in [-0.25, -0.2) is 0 Å². The Morgan fingerprint density at radius 1 is 1.00 bits per heavy atom. The smallest absolute Gasteiger partial charge is 0.329 e. The molecule has 0 N–H and O–H groups in total. The zero-order valence-corrected chi connectivity index (χ0v) is 9.97. The quantitative estimate of drug-likeness (QED) is 0.330. The molecule has 0 amide bonds. The van der Waals surface area contributed by atoms with Gasteiger partial charge in [-0.1, -0.05) is 0 Å². The van der Waals surface area contributed by atoms with Crippen molar-refractivity contribution in [3.05, 3.63) is 6.42 Å². The maximum atomic E-state index is 2.36. The molecule has 1 saturated carbocycles. The van der Waals surface area contributed by atoms with Crippen LogP contribution in [0.4, 0.5) is 0 Å². The maximum absolute atomic E-state index is 2.36. The molecule has 0 aromatic heterocycles. The van der Waals surface area contributed by atoms with Crippen molar-refractivity contribution in [2.75, 3.05) is 20.1 Å². The third kappa shape index (κ3) is 6.15. The first-order valence-corrected chi connectivity index (χ1v) is 4.40. The monoisotopic (exact) mass is 163 g/mol. The van der Waals surface area contributed by atoms with Gasteiger partial charge in [0.05, 0.1) is 0 Å². The number of nitrogens with zero attached hydrogens (tertiary/aromatic N) is 1. The van der Waals surface area contributed by atoms with E-state index in [4.69, 9.17) is 0 Å². The fourth-order valence-electron chi connectivity index (χ4n) is 1.08. The molecule has 2 fully saturated rings. The molecule has 1 saturated heterocycles. The Morgan fingerprint density at radius 2 is 1.36 bits per heavy atom. The van der Waals surface area contributed by atoms with E-state index in [-0.39, 0.29) is 29.6 Å². The Bertz CT molecular complexity index is 71.6. The molecule has 0 bridgehead atoms. The van der Waals surface area contributed by atoms with E-state index in [1.807, 2.05) is 0 Å². The van der Waals surface area contributed by atoms with Gasteiger partial charge in [0.15, 0.2) is 0 Å². The van der Waals surface area contributed by atoms with Crippen LogP contribution >= 0.6 is 0 Å². The predicted octanol–water partition coefficient (Wildman–Crippen LogP) is -0.909. The molecule has 60 valence electrons. The summed E-state index contributed by atoms with van der Waals surface area (Å²) in [5.41, 5.74) is 0. The Labute approximate surface area is 92.8 Å². The van der Waals surface area contributed by atoms with Crippen LogP contribution in [0.15, 0.2) is 0 Å². The Morgan fingerprint density at radius 3 is 1.45 bits per heavy atom. The van der Waals surface area contributed by atoms with Crippen LogP contribution in [0.3, 0.4) is 0 Å². The Balaban J connectivity index is 0.000000177. The van der Waals surface area contributed by atoms with Crippen LogP contribution in [-0.2, 0) is 0 Å². The summed E-state index contributed by atoms with van der Waals surface area (Å²) in [5.74, 6) is 0. The van der Waals surface area contributed by atoms with Crippen molar-refractivity contribution in [1.29, 1.82) is 0 Å². The second kappa shape index (κ2) is 7.60. The van der Waals surface area contributed by atoms with Crippen molar-refractivity contribution >= 4 is 0 Å². The molecule has 0 spiro atoms. The van der Waals surface area contributed by atoms with Gasteiger partial charge in [0, 0.05) is 0 Å². The molecule has 1 nitrogen and oxygen atoms in total. The standard InChI is InChI=1S/C5H11N.C4H7.Na/c1-6-4-2-3-5-6;1-2-4-3-1;/h2-5H2,1H3;1H,2-4H2;/q;-1;+1. The number of hydrogen-bond donors (Lipinski definition) is 0. The zero-order chi connectivity index (χ0) is 7.23. The molecule has 0 atom stereocenters. The minimum absolute atomic E-state index is 0. The zero-order valence-electron chi connectivity index (χ0n) is 7.97. The third-order valence-corrected chi connectivity index (χ3v) is 2.15. The van der Waals surface area contributed by atoms with Crippen molar-refractivity contribution in [2.24, 2.45) is 0 Å². The first-order valence-electron chi connectivity index (χ1n) is 4.40. The Kier molecular flexibility index (Phi) is 8.26. The van der Waals surface area contributed by atoms with E-state index >= 15 is 0 Å². The van der Waals surface area contributed by atoms with Gasteiger partial charge >= 0.3 is 29.6 Å². The first kappa shape index (κ1) is 12.0. The molecular weight excluding hydrogens is 145 g/mol. The number of rotatable bonds is 0. The van der Waals surface area contributed by atoms with Gasteiger partial charge in [-0.3, -0.25) is 0 Å². The molecule has 1 aliphatic heterocycles. The van der Waals surface area contributed by atoms with Crippen LogP contribution in [-0.4, -0.2) is 25.0 Å².